The smallest absolute Gasteiger partial charge is 0.410 e. The molecule has 0 radical (unpaired) electrons. The third-order valence-electron chi connectivity index (χ3n) is 8.34. The highest BCUT2D eigenvalue weighted by molar-refractivity contribution is 6.00. The first kappa shape index (κ1) is 26.0. The zero-order valence-electron chi connectivity index (χ0n) is 22.5. The Balaban J connectivity index is 1.36. The molecular weight excluding hydrogens is 474 g/mol. The summed E-state index contributed by atoms with van der Waals surface area (Å²) in [5.41, 5.74) is 1.08. The minimum atomic E-state index is -0.552. The lowest BCUT2D eigenvalue weighted by atomic mass is 9.71. The Morgan fingerprint density at radius 1 is 1.11 bits per heavy atom. The van der Waals surface area contributed by atoms with Crippen molar-refractivity contribution in [3.63, 3.8) is 0 Å². The zero-order valence-corrected chi connectivity index (χ0v) is 22.5. The van der Waals surface area contributed by atoms with Gasteiger partial charge in [-0.3, -0.25) is 9.59 Å². The summed E-state index contributed by atoms with van der Waals surface area (Å²) in [6.45, 7) is 9.64. The van der Waals surface area contributed by atoms with Crippen LogP contribution in [-0.2, 0) is 19.0 Å². The van der Waals surface area contributed by atoms with Gasteiger partial charge in [0, 0.05) is 37.3 Å². The molecule has 5 rings (SSSR count). The number of carbonyl (C=O) groups is 3. The number of hydrogen-bond acceptors (Lipinski definition) is 7. The van der Waals surface area contributed by atoms with Crippen molar-refractivity contribution in [3.05, 3.63) is 29.3 Å². The fraction of sp³-hybridized carbons (Fsp3) is 0.690. The van der Waals surface area contributed by atoms with E-state index in [0.29, 0.717) is 50.0 Å². The Bertz CT molecular complexity index is 1040. The molecule has 1 aliphatic carbocycles. The highest BCUT2D eigenvalue weighted by Gasteiger charge is 2.49. The van der Waals surface area contributed by atoms with Crippen molar-refractivity contribution in [3.8, 4) is 5.75 Å². The largest absolute Gasteiger partial charge is 0.489 e. The summed E-state index contributed by atoms with van der Waals surface area (Å²) in [4.78, 5) is 40.2. The molecule has 1 aromatic carbocycles. The van der Waals surface area contributed by atoms with E-state index >= 15 is 0 Å². The molecule has 4 aliphatic rings. The maximum absolute atomic E-state index is 13.2. The summed E-state index contributed by atoms with van der Waals surface area (Å²) >= 11 is 0. The van der Waals surface area contributed by atoms with Crippen LogP contribution in [0.3, 0.4) is 0 Å². The van der Waals surface area contributed by atoms with E-state index in [4.69, 9.17) is 18.9 Å². The molecule has 0 spiro atoms. The summed E-state index contributed by atoms with van der Waals surface area (Å²) in [6.07, 6.45) is 1.92. The SMILES string of the molecule is COC(=O)[C@@H](C)[C@H](c1ccc2c(c1)O[C@H](C1[C@@H]3COC[C@@H]1CN(C(=O)OC(C)(C)C)C3)CC2=O)C1CC1. The Hall–Kier alpha value is -2.61. The van der Waals surface area contributed by atoms with Gasteiger partial charge in [-0.15, -0.1) is 0 Å². The van der Waals surface area contributed by atoms with Crippen LogP contribution in [0.5, 0.6) is 5.75 Å². The average molecular weight is 514 g/mol. The van der Waals surface area contributed by atoms with Gasteiger partial charge in [-0.2, -0.15) is 0 Å². The standard InChI is InChI=1S/C29H39NO7/c1-16(27(32)34-5)25(17-6-7-17)18-8-9-21-22(31)11-24(36-23(21)10-18)26-19-12-30(13-20(26)15-35-14-19)28(33)37-29(2,3)4/h8-10,16-17,19-20,24-26H,6-7,11-15H2,1-5H3/t16-,19-,20-,24-,25-/m0/s1. The molecule has 8 heteroatoms. The van der Waals surface area contributed by atoms with Crippen LogP contribution in [0, 0.1) is 29.6 Å². The topological polar surface area (TPSA) is 91.4 Å². The lowest BCUT2D eigenvalue weighted by molar-refractivity contribution is -0.145. The first-order valence-corrected chi connectivity index (χ1v) is 13.5. The fourth-order valence-electron chi connectivity index (χ4n) is 6.59. The van der Waals surface area contributed by atoms with Gasteiger partial charge in [0.2, 0.25) is 0 Å². The Kier molecular flexibility index (Phi) is 6.98. The minimum absolute atomic E-state index is 0.0432. The van der Waals surface area contributed by atoms with Crippen LogP contribution in [0.1, 0.15) is 68.8 Å². The fourth-order valence-corrected chi connectivity index (χ4v) is 6.59. The van der Waals surface area contributed by atoms with Gasteiger partial charge < -0.3 is 23.8 Å². The quantitative estimate of drug-likeness (QED) is 0.537. The number of fused-ring (bicyclic) bond motifs is 3. The second kappa shape index (κ2) is 9.93. The lowest BCUT2D eigenvalue weighted by Crippen LogP contribution is -2.59. The molecular formula is C29H39NO7. The normalized spacial score (nSPS) is 29.0. The number of ketones is 1. The van der Waals surface area contributed by atoms with Crippen LogP contribution >= 0.6 is 0 Å². The first-order valence-electron chi connectivity index (χ1n) is 13.5. The van der Waals surface area contributed by atoms with Gasteiger partial charge in [0.05, 0.1) is 31.8 Å². The van der Waals surface area contributed by atoms with Gasteiger partial charge in [-0.1, -0.05) is 13.0 Å². The molecule has 1 saturated carbocycles. The number of methoxy groups -OCH3 is 1. The Morgan fingerprint density at radius 2 is 1.78 bits per heavy atom. The second-order valence-corrected chi connectivity index (χ2v) is 12.2. The van der Waals surface area contributed by atoms with Crippen LogP contribution < -0.4 is 4.74 Å². The van der Waals surface area contributed by atoms with Gasteiger partial charge >= 0.3 is 12.1 Å². The van der Waals surface area contributed by atoms with E-state index in [1.54, 1.807) is 4.90 Å². The molecule has 1 aromatic rings. The predicted octanol–water partition coefficient (Wildman–Crippen LogP) is 4.45. The van der Waals surface area contributed by atoms with E-state index in [2.05, 4.69) is 0 Å². The van der Waals surface area contributed by atoms with Crippen molar-refractivity contribution >= 4 is 17.8 Å². The third-order valence-corrected chi connectivity index (χ3v) is 8.34. The number of benzene rings is 1. The number of carbonyl (C=O) groups excluding carboxylic acids is 3. The second-order valence-electron chi connectivity index (χ2n) is 12.2. The first-order chi connectivity index (χ1) is 17.6. The van der Waals surface area contributed by atoms with Crippen molar-refractivity contribution in [2.24, 2.45) is 29.6 Å². The van der Waals surface area contributed by atoms with Gasteiger partial charge in [0.25, 0.3) is 0 Å². The van der Waals surface area contributed by atoms with Crippen LogP contribution in [0.4, 0.5) is 4.79 Å². The summed E-state index contributed by atoms with van der Waals surface area (Å²) in [5.74, 6) is 0.944. The van der Waals surface area contributed by atoms with Crippen LogP contribution in [0.15, 0.2) is 18.2 Å². The van der Waals surface area contributed by atoms with Crippen molar-refractivity contribution in [1.82, 2.24) is 4.90 Å². The molecule has 5 atom stereocenters. The number of piperidine rings is 1. The summed E-state index contributed by atoms with van der Waals surface area (Å²) in [6, 6.07) is 5.81. The molecule has 2 bridgehead atoms. The molecule has 2 saturated heterocycles. The van der Waals surface area contributed by atoms with Gasteiger partial charge in [-0.25, -0.2) is 4.79 Å². The van der Waals surface area contributed by atoms with Gasteiger partial charge in [0.1, 0.15) is 17.5 Å². The molecule has 3 heterocycles. The summed E-state index contributed by atoms with van der Waals surface area (Å²) < 4.78 is 23.1. The molecule has 37 heavy (non-hydrogen) atoms. The molecule has 8 nitrogen and oxygen atoms in total. The molecule has 202 valence electrons. The maximum atomic E-state index is 13.2. The van der Waals surface area contributed by atoms with Crippen molar-refractivity contribution in [1.29, 1.82) is 0 Å². The highest BCUT2D eigenvalue weighted by Crippen LogP contribution is 2.49. The molecule has 0 unspecified atom stereocenters. The van der Waals surface area contributed by atoms with Crippen molar-refractivity contribution < 1.29 is 33.3 Å². The van der Waals surface area contributed by atoms with Crippen LogP contribution in [-0.4, -0.2) is 67.9 Å². The predicted molar refractivity (Wildman–Crippen MR) is 136 cm³/mol. The highest BCUT2D eigenvalue weighted by atomic mass is 16.6. The van der Waals surface area contributed by atoms with E-state index in [1.165, 1.54) is 7.11 Å². The number of hydrogen-bond donors (Lipinski definition) is 0. The number of rotatable bonds is 5. The van der Waals surface area contributed by atoms with E-state index in [-0.39, 0.29) is 53.5 Å². The average Bonchev–Trinajstić information content (AvgIpc) is 3.66. The van der Waals surface area contributed by atoms with Crippen molar-refractivity contribution in [2.45, 2.75) is 64.6 Å². The van der Waals surface area contributed by atoms with Crippen LogP contribution in [0.2, 0.25) is 0 Å². The minimum Gasteiger partial charge on any atom is -0.489 e. The Morgan fingerprint density at radius 3 is 2.38 bits per heavy atom. The third kappa shape index (κ3) is 5.35. The number of amides is 1. The van der Waals surface area contributed by atoms with E-state index in [0.717, 1.165) is 18.4 Å². The number of likely N-dealkylation sites (tertiary alicyclic amines) is 1. The van der Waals surface area contributed by atoms with Gasteiger partial charge in [0.15, 0.2) is 5.78 Å². The molecule has 3 aliphatic heterocycles. The maximum Gasteiger partial charge on any atom is 0.410 e. The molecule has 1 amide bonds. The van der Waals surface area contributed by atoms with Crippen LogP contribution in [0.25, 0.3) is 0 Å². The molecule has 0 N–H and O–H groups in total. The lowest BCUT2D eigenvalue weighted by Gasteiger charge is -2.49. The molecule has 3 fully saturated rings. The number of ether oxygens (including phenoxy) is 4. The summed E-state index contributed by atoms with van der Waals surface area (Å²) in [7, 11) is 1.43. The number of esters is 1. The number of nitrogens with zero attached hydrogens (tertiary/aromatic N) is 1. The monoisotopic (exact) mass is 513 g/mol. The van der Waals surface area contributed by atoms with E-state index in [1.807, 2.05) is 45.9 Å². The zero-order chi connectivity index (χ0) is 26.5. The molecule has 0 aromatic heterocycles. The van der Waals surface area contributed by atoms with Crippen molar-refractivity contribution in [2.75, 3.05) is 33.4 Å². The Labute approximate surface area is 219 Å². The van der Waals surface area contributed by atoms with E-state index in [9.17, 15) is 14.4 Å². The van der Waals surface area contributed by atoms with Gasteiger partial charge in [-0.05, 0) is 63.1 Å². The summed E-state index contributed by atoms with van der Waals surface area (Å²) in [5, 5.41) is 0. The number of Topliss-reactive ketones (excluding diaryl/α,β-unsaturated/α-hetero) is 1. The van der Waals surface area contributed by atoms with E-state index < -0.39 is 5.60 Å².